The Kier molecular flexibility index (Phi) is 13.6. The van der Waals surface area contributed by atoms with Crippen LogP contribution in [0.25, 0.3) is 0 Å². The van der Waals surface area contributed by atoms with Crippen LogP contribution in [0.1, 0.15) is 94.9 Å². The number of carbonyl (C=O) groups excluding carboxylic acids is 4. The van der Waals surface area contributed by atoms with Crippen LogP contribution in [0.3, 0.4) is 0 Å². The van der Waals surface area contributed by atoms with Crippen LogP contribution in [0.15, 0.2) is 18.7 Å². The van der Waals surface area contributed by atoms with Gasteiger partial charge in [0, 0.05) is 62.4 Å². The van der Waals surface area contributed by atoms with Crippen molar-refractivity contribution in [1.82, 2.24) is 19.8 Å². The number of ketones is 2. The molecule has 1 unspecified atom stereocenters. The predicted octanol–water partition coefficient (Wildman–Crippen LogP) is 4.01. The number of cyclic esters (lactones) is 1. The average molecular weight is 753 g/mol. The van der Waals surface area contributed by atoms with E-state index in [1.807, 2.05) is 25.3 Å². The van der Waals surface area contributed by atoms with Crippen LogP contribution >= 0.6 is 0 Å². The summed E-state index contributed by atoms with van der Waals surface area (Å²) in [7, 11) is 1.40. The smallest absolute Gasteiger partial charge is 0.410 e. The van der Waals surface area contributed by atoms with Gasteiger partial charge in [-0.15, -0.1) is 0 Å². The first-order chi connectivity index (χ1) is 24.7. The highest BCUT2D eigenvalue weighted by Crippen LogP contribution is 2.43. The number of aromatic nitrogens is 2. The Balaban J connectivity index is 1.77. The molecule has 0 saturated carbocycles. The van der Waals surface area contributed by atoms with Crippen molar-refractivity contribution in [2.75, 3.05) is 13.7 Å². The monoisotopic (exact) mass is 752 g/mol. The van der Waals surface area contributed by atoms with Crippen LogP contribution in [0, 0.1) is 17.8 Å². The van der Waals surface area contributed by atoms with Crippen molar-refractivity contribution in [3.8, 4) is 0 Å². The normalized spacial score (nSPS) is 40.5. The number of aryl methyl sites for hydroxylation is 1. The summed E-state index contributed by atoms with van der Waals surface area (Å²) in [6.07, 6.45) is 0.237. The first kappa shape index (κ1) is 42.8. The molecule has 53 heavy (non-hydrogen) atoms. The third kappa shape index (κ3) is 8.79. The maximum Gasteiger partial charge on any atom is 0.410 e. The number of aliphatic hydroxyl groups is 1. The van der Waals surface area contributed by atoms with Gasteiger partial charge in [0.1, 0.15) is 18.0 Å². The zero-order valence-electron chi connectivity index (χ0n) is 33.2. The van der Waals surface area contributed by atoms with Gasteiger partial charge in [0.2, 0.25) is 0 Å². The van der Waals surface area contributed by atoms with Crippen molar-refractivity contribution in [2.45, 2.75) is 167 Å². The molecule has 4 rings (SSSR count). The van der Waals surface area contributed by atoms with E-state index in [9.17, 15) is 24.3 Å². The summed E-state index contributed by atoms with van der Waals surface area (Å²) in [5, 5.41) is 14.7. The SMILES string of the molecule is CC[C@H]1OC(=O)[C@@](C)(F)C(=O)[C@@H](C)[C@@H](O[C@@H]2O[C@H](C)C[C@H](NC(C)C)[C@@H]2O)[C@](C)(OC)C[C@@H](C)C(=O)[C@H](C)C2N(CCCn3ccnc3)C(=O)O[C@@]21C. The van der Waals surface area contributed by atoms with Crippen LogP contribution in [-0.4, -0.2) is 123 Å². The van der Waals surface area contributed by atoms with Gasteiger partial charge < -0.3 is 43.6 Å². The zero-order valence-corrected chi connectivity index (χ0v) is 33.2. The summed E-state index contributed by atoms with van der Waals surface area (Å²) >= 11 is 0. The van der Waals surface area contributed by atoms with Gasteiger partial charge in [-0.05, 0) is 53.4 Å². The van der Waals surface area contributed by atoms with E-state index in [4.69, 9.17) is 23.7 Å². The van der Waals surface area contributed by atoms with Gasteiger partial charge in [0.05, 0.1) is 30.2 Å². The molecule has 1 aromatic rings. The molecule has 300 valence electrons. The second-order valence-corrected chi connectivity index (χ2v) is 16.1. The fourth-order valence-corrected chi connectivity index (χ4v) is 8.66. The van der Waals surface area contributed by atoms with E-state index >= 15 is 4.39 Å². The molecule has 1 amide bonds. The maximum atomic E-state index is 16.8. The van der Waals surface area contributed by atoms with Crippen molar-refractivity contribution in [2.24, 2.45) is 17.8 Å². The number of halogens is 1. The molecule has 0 aliphatic carbocycles. The van der Waals surface area contributed by atoms with Gasteiger partial charge in [-0.2, -0.15) is 0 Å². The number of amides is 1. The number of Topliss-reactive ketones (excluding diaryl/α,β-unsaturated/α-hetero) is 2. The van der Waals surface area contributed by atoms with Crippen molar-refractivity contribution >= 4 is 23.6 Å². The molecular weight excluding hydrogens is 691 g/mol. The molecule has 1 aromatic heterocycles. The number of imidazole rings is 1. The van der Waals surface area contributed by atoms with Crippen molar-refractivity contribution in [3.63, 3.8) is 0 Å². The second-order valence-electron chi connectivity index (χ2n) is 16.1. The van der Waals surface area contributed by atoms with Crippen LogP contribution < -0.4 is 5.32 Å². The van der Waals surface area contributed by atoms with E-state index in [2.05, 4.69) is 10.3 Å². The topological polar surface area (TPSA) is 168 Å². The van der Waals surface area contributed by atoms with Gasteiger partial charge in [-0.3, -0.25) is 9.59 Å². The fourth-order valence-electron chi connectivity index (χ4n) is 8.66. The molecule has 3 aliphatic rings. The van der Waals surface area contributed by atoms with Crippen LogP contribution in [-0.2, 0) is 44.6 Å². The van der Waals surface area contributed by atoms with Gasteiger partial charge in [-0.25, -0.2) is 19.0 Å². The summed E-state index contributed by atoms with van der Waals surface area (Å²) in [5.41, 5.74) is -6.18. The molecule has 15 heteroatoms. The fraction of sp³-hybridized carbons (Fsp3) is 0.816. The van der Waals surface area contributed by atoms with E-state index < -0.39 is 89.2 Å². The number of ether oxygens (including phenoxy) is 5. The summed E-state index contributed by atoms with van der Waals surface area (Å²) in [6, 6.07) is -1.29. The van der Waals surface area contributed by atoms with Gasteiger partial charge in [0.25, 0.3) is 5.67 Å². The third-order valence-corrected chi connectivity index (χ3v) is 11.5. The van der Waals surface area contributed by atoms with E-state index in [1.54, 1.807) is 53.3 Å². The Labute approximate surface area is 312 Å². The number of aliphatic hydroxyl groups excluding tert-OH is 1. The Morgan fingerprint density at radius 2 is 1.77 bits per heavy atom. The molecule has 2 N–H and O–H groups in total. The number of fused-ring (bicyclic) bond motifs is 1. The number of nitrogens with one attached hydrogen (secondary N) is 1. The highest BCUT2D eigenvalue weighted by Gasteiger charge is 2.61. The summed E-state index contributed by atoms with van der Waals surface area (Å²) < 4.78 is 49.1. The third-order valence-electron chi connectivity index (χ3n) is 11.5. The minimum absolute atomic E-state index is 0.00449. The lowest BCUT2D eigenvalue weighted by molar-refractivity contribution is -0.291. The van der Waals surface area contributed by atoms with Crippen molar-refractivity contribution < 1.29 is 52.4 Å². The molecule has 13 atom stereocenters. The van der Waals surface area contributed by atoms with Crippen LogP contribution in [0.5, 0.6) is 0 Å². The molecular formula is C38H61FN4O10. The van der Waals surface area contributed by atoms with E-state index in [0.29, 0.717) is 19.4 Å². The van der Waals surface area contributed by atoms with Crippen LogP contribution in [0.4, 0.5) is 9.18 Å². The van der Waals surface area contributed by atoms with Gasteiger partial charge >= 0.3 is 12.1 Å². The molecule has 4 heterocycles. The number of alkyl halides is 1. The second kappa shape index (κ2) is 16.8. The molecule has 3 saturated heterocycles. The lowest BCUT2D eigenvalue weighted by Gasteiger charge is -2.47. The first-order valence-electron chi connectivity index (χ1n) is 18.9. The number of nitrogens with zero attached hydrogens (tertiary/aromatic N) is 3. The summed E-state index contributed by atoms with van der Waals surface area (Å²) in [5.74, 6) is -5.75. The van der Waals surface area contributed by atoms with Crippen molar-refractivity contribution in [1.29, 1.82) is 0 Å². The lowest BCUT2D eigenvalue weighted by atomic mass is 9.73. The zero-order chi connectivity index (χ0) is 39.6. The van der Waals surface area contributed by atoms with E-state index in [0.717, 1.165) is 6.92 Å². The number of hydrogen-bond acceptors (Lipinski definition) is 12. The van der Waals surface area contributed by atoms with Crippen LogP contribution in [0.2, 0.25) is 0 Å². The average Bonchev–Trinajstić information content (AvgIpc) is 3.70. The highest BCUT2D eigenvalue weighted by atomic mass is 19.1. The molecule has 3 aliphatic heterocycles. The number of rotatable bonds is 10. The number of esters is 1. The van der Waals surface area contributed by atoms with E-state index in [-0.39, 0.29) is 37.3 Å². The molecule has 0 radical (unpaired) electrons. The maximum absolute atomic E-state index is 16.8. The Hall–Kier alpha value is -2.98. The Morgan fingerprint density at radius 3 is 2.36 bits per heavy atom. The molecule has 0 bridgehead atoms. The molecule has 0 aromatic carbocycles. The summed E-state index contributed by atoms with van der Waals surface area (Å²) in [4.78, 5) is 61.7. The quantitative estimate of drug-likeness (QED) is 0.261. The van der Waals surface area contributed by atoms with Gasteiger partial charge in [0.15, 0.2) is 17.7 Å². The van der Waals surface area contributed by atoms with E-state index in [1.165, 1.54) is 18.9 Å². The molecule has 14 nitrogen and oxygen atoms in total. The lowest BCUT2D eigenvalue weighted by Crippen LogP contribution is -2.62. The Bertz CT molecular complexity index is 1440. The highest BCUT2D eigenvalue weighted by molar-refractivity contribution is 6.08. The number of hydrogen-bond donors (Lipinski definition) is 2. The number of methoxy groups -OCH3 is 1. The minimum Gasteiger partial charge on any atom is -0.455 e. The summed E-state index contributed by atoms with van der Waals surface area (Å²) in [6.45, 7) is 17.1. The predicted molar refractivity (Wildman–Crippen MR) is 191 cm³/mol. The largest absolute Gasteiger partial charge is 0.455 e. The first-order valence-corrected chi connectivity index (χ1v) is 18.9. The standard InChI is InChI=1S/C38H61FN4O10/c1-12-27-38(10)30(43(35(48)53-38)16-13-15-42-17-14-40-20-42)24(6)28(44)22(4)19-36(8,49-11)32(25(7)31(46)37(9,39)34(47)51-27)52-33-29(45)26(41-21(2)3)18-23(5)50-33/h14,17,20-27,29-30,32-33,41,45H,12-13,15-16,18-19H2,1-11H3/t22-,23-,24+,25-,26+,27-,29+,30?,32-,33+,36-,37+,38-/m1/s1. The minimum atomic E-state index is -3.17. The van der Waals surface area contributed by atoms with Gasteiger partial charge in [-0.1, -0.05) is 41.5 Å². The molecule has 3 fully saturated rings. The number of carbonyl (C=O) groups is 4. The Morgan fingerprint density at radius 1 is 1.09 bits per heavy atom. The molecule has 0 spiro atoms. The van der Waals surface area contributed by atoms with Crippen molar-refractivity contribution in [3.05, 3.63) is 18.7 Å².